The van der Waals surface area contributed by atoms with Crippen LogP contribution in [0.15, 0.2) is 77.6 Å². The Balaban J connectivity index is 0.638. The van der Waals surface area contributed by atoms with Crippen LogP contribution in [0.2, 0.25) is 0 Å². The number of carbonyl (C=O) groups excluding carboxylic acids is 2. The third kappa shape index (κ3) is 11.4. The third-order valence-corrected chi connectivity index (χ3v) is 18.1. The Morgan fingerprint density at radius 3 is 2.35 bits per heavy atom. The van der Waals surface area contributed by atoms with Crippen LogP contribution >= 0.6 is 0 Å². The number of phenols is 1. The Morgan fingerprint density at radius 2 is 1.65 bits per heavy atom. The molecule has 0 aliphatic carbocycles. The zero-order chi connectivity index (χ0) is 57.6. The van der Waals surface area contributed by atoms with Crippen molar-refractivity contribution in [1.82, 2.24) is 50.3 Å². The molecule has 5 fully saturated rings. The van der Waals surface area contributed by atoms with Gasteiger partial charge in [0, 0.05) is 94.2 Å². The summed E-state index contributed by atoms with van der Waals surface area (Å²) in [6.45, 7) is 11.8. The highest BCUT2D eigenvalue weighted by Crippen LogP contribution is 2.41. The van der Waals surface area contributed by atoms with Crippen molar-refractivity contribution in [3.05, 3.63) is 102 Å². The molecule has 18 nitrogen and oxygen atoms in total. The molecule has 434 valence electrons. The molecule has 2 amide bonds. The molecule has 5 saturated heterocycles. The van der Waals surface area contributed by atoms with Crippen LogP contribution in [0.5, 0.6) is 11.8 Å². The van der Waals surface area contributed by atoms with Gasteiger partial charge in [0.15, 0.2) is 17.4 Å². The van der Waals surface area contributed by atoms with Gasteiger partial charge >= 0.3 is 6.01 Å². The van der Waals surface area contributed by atoms with Gasteiger partial charge in [0.25, 0.3) is 0 Å². The number of nitrogens with one attached hydrogen (secondary N) is 2. The SMILES string of the molecule is C#Cc1c(F)ccc2cc(O)cc(-c3ncc4c(N5CC6CCC(C5)N6)nc(OCCN5CCC(CC6CCN(c7cc([C@@H](C(=O)N8C[C@H](O)C[C@H]8C(=O)N[C@@H](C)c8ccc(-c9ccnn9C)cc8)C(C)C)on7)CC6)CC5)nc4c3F)c12. The van der Waals surface area contributed by atoms with Crippen LogP contribution in [0.3, 0.4) is 0 Å². The Morgan fingerprint density at radius 1 is 0.916 bits per heavy atom. The van der Waals surface area contributed by atoms with E-state index in [1.54, 1.807) is 12.4 Å². The molecular weight excluding hydrogens is 1060 g/mol. The number of halogens is 2. The van der Waals surface area contributed by atoms with Crippen LogP contribution in [0.1, 0.15) is 101 Å². The number of carbonyl (C=O) groups is 2. The summed E-state index contributed by atoms with van der Waals surface area (Å²) in [5.74, 6) is 2.36. The number of terminal acetylenes is 1. The van der Waals surface area contributed by atoms with Crippen molar-refractivity contribution in [1.29, 1.82) is 0 Å². The van der Waals surface area contributed by atoms with Crippen molar-refractivity contribution in [3.8, 4) is 46.6 Å². The first-order valence-electron chi connectivity index (χ1n) is 29.4. The molecule has 6 atom stereocenters. The molecule has 20 heteroatoms. The zero-order valence-corrected chi connectivity index (χ0v) is 47.5. The number of rotatable bonds is 16. The number of hydrogen-bond donors (Lipinski definition) is 4. The van der Waals surface area contributed by atoms with E-state index in [0.29, 0.717) is 66.2 Å². The van der Waals surface area contributed by atoms with Gasteiger partial charge in [0.05, 0.1) is 28.8 Å². The molecule has 9 heterocycles. The number of likely N-dealkylation sites (tertiary alicyclic amines) is 2. The van der Waals surface area contributed by atoms with Crippen molar-refractivity contribution in [3.63, 3.8) is 0 Å². The van der Waals surface area contributed by atoms with Crippen LogP contribution < -0.4 is 25.2 Å². The number of fused-ring (bicyclic) bond motifs is 4. The normalized spacial score (nSPS) is 21.5. The fourth-order valence-electron chi connectivity index (χ4n) is 13.6. The summed E-state index contributed by atoms with van der Waals surface area (Å²) in [6, 6.07) is 16.8. The number of piperidine rings is 2. The number of amides is 2. The van der Waals surface area contributed by atoms with E-state index in [0.717, 1.165) is 87.9 Å². The maximum Gasteiger partial charge on any atom is 0.319 e. The quantitative estimate of drug-likeness (QED) is 0.0675. The fourth-order valence-corrected chi connectivity index (χ4v) is 13.6. The number of hydrogen-bond acceptors (Lipinski definition) is 15. The smallest absolute Gasteiger partial charge is 0.319 e. The molecule has 7 aromatic rings. The largest absolute Gasteiger partial charge is 0.508 e. The van der Waals surface area contributed by atoms with Gasteiger partial charge in [-0.25, -0.2) is 8.78 Å². The van der Waals surface area contributed by atoms with E-state index in [1.165, 1.54) is 29.2 Å². The number of aromatic hydroxyl groups is 1. The molecule has 4 N–H and O–H groups in total. The molecule has 4 aromatic heterocycles. The fraction of sp³-hybridized carbons (Fsp3) is 0.476. The molecule has 3 aromatic carbocycles. The van der Waals surface area contributed by atoms with Gasteiger partial charge in [0.1, 0.15) is 47.2 Å². The van der Waals surface area contributed by atoms with Crippen molar-refractivity contribution < 1.29 is 37.8 Å². The summed E-state index contributed by atoms with van der Waals surface area (Å²) in [7, 11) is 1.89. The van der Waals surface area contributed by atoms with Gasteiger partial charge in [-0.15, -0.1) is 6.42 Å². The second-order valence-electron chi connectivity index (χ2n) is 23.9. The van der Waals surface area contributed by atoms with Gasteiger partial charge in [-0.2, -0.15) is 15.1 Å². The van der Waals surface area contributed by atoms with Gasteiger partial charge < -0.3 is 44.8 Å². The van der Waals surface area contributed by atoms with E-state index in [1.807, 2.05) is 68.9 Å². The standard InChI is InChI=1S/C63H72F2N12O6/c1-6-47-50(64)14-11-42-28-45(78)29-48(56(42)47)58-57(65)59-49(32-66-58)60(76-33-43-12-13-44(34-76)69-43)71-63(70-59)82-26-25-74-21-16-38(17-22-74)27-39-18-23-75(24-19-39)54-31-53(83-72-54)55(36(2)3)62(81)77-35-46(79)30-52(77)61(80)68-37(4)40-7-9-41(10-8-40)51-15-20-67-73(51)5/h1,7-11,14-15,20,28-29,31-32,36-39,43-44,46,52,55,69,78-79H,12-13,16-19,21-27,30,33-35H2,2-5H3,(H,68,80)/t37-,43?,44?,46+,52-,55-/m0/s1. The topological polar surface area (TPSA) is 203 Å². The number of aryl methyl sites for hydroxylation is 1. The van der Waals surface area contributed by atoms with Crippen LogP contribution in [-0.2, 0) is 16.6 Å². The first-order chi connectivity index (χ1) is 40.2. The van der Waals surface area contributed by atoms with E-state index in [4.69, 9.17) is 20.7 Å². The highest BCUT2D eigenvalue weighted by Gasteiger charge is 2.44. The van der Waals surface area contributed by atoms with E-state index >= 15 is 8.78 Å². The molecule has 12 rings (SSSR count). The van der Waals surface area contributed by atoms with Crippen molar-refractivity contribution in [2.24, 2.45) is 24.8 Å². The predicted molar refractivity (Wildman–Crippen MR) is 312 cm³/mol. The Hall–Kier alpha value is -7.73. The van der Waals surface area contributed by atoms with Crippen LogP contribution in [0.4, 0.5) is 20.4 Å². The second kappa shape index (κ2) is 23.5. The number of pyridine rings is 1. The summed E-state index contributed by atoms with van der Waals surface area (Å²) in [4.78, 5) is 50.7. The molecule has 0 radical (unpaired) electrons. The van der Waals surface area contributed by atoms with Crippen LogP contribution in [0, 0.1) is 41.7 Å². The van der Waals surface area contributed by atoms with E-state index in [2.05, 4.69) is 51.5 Å². The summed E-state index contributed by atoms with van der Waals surface area (Å²) in [5, 5.41) is 38.2. The molecule has 2 unspecified atom stereocenters. The number of benzene rings is 3. The number of ether oxygens (including phenoxy) is 1. The van der Waals surface area contributed by atoms with E-state index in [9.17, 15) is 19.8 Å². The lowest BCUT2D eigenvalue weighted by Gasteiger charge is -2.36. The first-order valence-corrected chi connectivity index (χ1v) is 29.4. The minimum Gasteiger partial charge on any atom is -0.508 e. The van der Waals surface area contributed by atoms with E-state index in [-0.39, 0.29) is 88.3 Å². The summed E-state index contributed by atoms with van der Waals surface area (Å²) >= 11 is 0. The highest BCUT2D eigenvalue weighted by molar-refractivity contribution is 6.03. The summed E-state index contributed by atoms with van der Waals surface area (Å²) in [6.07, 6.45) is 15.8. The Labute approximate surface area is 481 Å². The van der Waals surface area contributed by atoms with Crippen LogP contribution in [-0.4, -0.2) is 145 Å². The lowest BCUT2D eigenvalue weighted by Crippen LogP contribution is -2.51. The minimum atomic E-state index is -0.828. The second-order valence-corrected chi connectivity index (χ2v) is 23.9. The average molecular weight is 1130 g/mol. The summed E-state index contributed by atoms with van der Waals surface area (Å²) in [5.41, 5.74) is 2.92. The summed E-state index contributed by atoms with van der Waals surface area (Å²) < 4.78 is 46.2. The molecule has 5 aliphatic heterocycles. The highest BCUT2D eigenvalue weighted by atomic mass is 19.1. The lowest BCUT2D eigenvalue weighted by molar-refractivity contribution is -0.141. The van der Waals surface area contributed by atoms with Crippen molar-refractivity contribution in [2.45, 2.75) is 108 Å². The number of aliphatic hydroxyl groups excluding tert-OH is 1. The number of piperazine rings is 1. The average Bonchev–Trinajstić information content (AvgIpc) is 4.31. The van der Waals surface area contributed by atoms with Gasteiger partial charge in [-0.1, -0.05) is 55.3 Å². The molecule has 0 spiro atoms. The number of β-amino-alcohol motifs (C(OH)–C–C–N with tert-alkyl or cyclic N) is 1. The zero-order valence-electron chi connectivity index (χ0n) is 47.5. The monoisotopic (exact) mass is 1130 g/mol. The van der Waals surface area contributed by atoms with Crippen LogP contribution in [0.25, 0.3) is 44.2 Å². The number of aromatic nitrogens is 6. The third-order valence-electron chi connectivity index (χ3n) is 18.1. The maximum atomic E-state index is 17.1. The Kier molecular flexibility index (Phi) is 15.8. The van der Waals surface area contributed by atoms with Gasteiger partial charge in [-0.05, 0) is 123 Å². The molecule has 5 aliphatic rings. The number of phenolic OH excluding ortho intramolecular Hbond substituents is 1. The number of anilines is 2. The minimum absolute atomic E-state index is 0.0175. The predicted octanol–water partition coefficient (Wildman–Crippen LogP) is 8.12. The van der Waals surface area contributed by atoms with Gasteiger partial charge in [0.2, 0.25) is 11.8 Å². The lowest BCUT2D eigenvalue weighted by atomic mass is 9.83. The molecule has 83 heavy (non-hydrogen) atoms. The molecular formula is C63H72F2N12O6. The molecule has 2 bridgehead atoms. The first kappa shape index (κ1) is 55.8. The maximum absolute atomic E-state index is 17.1. The van der Waals surface area contributed by atoms with E-state index < -0.39 is 29.7 Å². The van der Waals surface area contributed by atoms with Crippen molar-refractivity contribution in [2.75, 3.05) is 68.8 Å². The Bertz CT molecular complexity index is 3560. The number of aliphatic hydroxyl groups is 1. The number of nitrogens with zero attached hydrogens (tertiary/aromatic N) is 10. The van der Waals surface area contributed by atoms with Crippen molar-refractivity contribution >= 4 is 45.1 Å². The molecule has 0 saturated carbocycles. The van der Waals surface area contributed by atoms with Gasteiger partial charge in [-0.3, -0.25) is 24.2 Å².